The summed E-state index contributed by atoms with van der Waals surface area (Å²) in [5, 5.41) is 3.06. The van der Waals surface area contributed by atoms with E-state index in [1.165, 1.54) is 11.1 Å². The van der Waals surface area contributed by atoms with Crippen LogP contribution in [0.25, 0.3) is 0 Å². The highest BCUT2D eigenvalue weighted by Gasteiger charge is 2.27. The lowest BCUT2D eigenvalue weighted by atomic mass is 9.94. The van der Waals surface area contributed by atoms with Gasteiger partial charge in [0.15, 0.2) is 5.78 Å². The number of aryl methyl sites for hydroxylation is 1. The van der Waals surface area contributed by atoms with Gasteiger partial charge in [-0.05, 0) is 49.8 Å². The normalized spacial score (nSPS) is 17.9. The first-order valence-electron chi connectivity index (χ1n) is 9.88. The van der Waals surface area contributed by atoms with E-state index >= 15 is 0 Å². The van der Waals surface area contributed by atoms with Crippen molar-refractivity contribution >= 4 is 11.7 Å². The maximum Gasteiger partial charge on any atom is 0.268 e. The summed E-state index contributed by atoms with van der Waals surface area (Å²) in [7, 11) is 0. The predicted octanol–water partition coefficient (Wildman–Crippen LogP) is 3.02. The van der Waals surface area contributed by atoms with Gasteiger partial charge in [0.1, 0.15) is 5.69 Å². The fraction of sp³-hybridized carbons (Fsp3) is 0.455. The first-order valence-corrected chi connectivity index (χ1v) is 9.88. The second-order valence-electron chi connectivity index (χ2n) is 7.80. The molecule has 0 radical (unpaired) electrons. The minimum atomic E-state index is -0.112. The van der Waals surface area contributed by atoms with Crippen molar-refractivity contribution in [3.8, 4) is 0 Å². The van der Waals surface area contributed by atoms with Crippen LogP contribution in [0, 0.1) is 6.92 Å². The average Bonchev–Trinajstić information content (AvgIpc) is 3.03. The zero-order valence-electron chi connectivity index (χ0n) is 16.1. The van der Waals surface area contributed by atoms with E-state index in [0.717, 1.165) is 49.2 Å². The zero-order chi connectivity index (χ0) is 19.0. The van der Waals surface area contributed by atoms with Crippen LogP contribution in [0.3, 0.4) is 0 Å². The summed E-state index contributed by atoms with van der Waals surface area (Å²) in [4.78, 5) is 30.5. The molecule has 0 bridgehead atoms. The summed E-state index contributed by atoms with van der Waals surface area (Å²) in [6, 6.07) is 8.84. The number of aromatic nitrogens is 1. The van der Waals surface area contributed by atoms with Gasteiger partial charge in [-0.2, -0.15) is 0 Å². The largest absolute Gasteiger partial charge is 0.354 e. The first-order chi connectivity index (χ1) is 13.0. The molecule has 1 aromatic heterocycles. The Balaban J connectivity index is 1.39. The Labute approximate surface area is 160 Å². The van der Waals surface area contributed by atoms with Gasteiger partial charge in [0.2, 0.25) is 0 Å². The first kappa shape index (κ1) is 18.0. The van der Waals surface area contributed by atoms with Gasteiger partial charge in [0, 0.05) is 43.4 Å². The number of carbonyl (C=O) groups is 2. The maximum atomic E-state index is 12.7. The number of aromatic amines is 1. The third-order valence-electron chi connectivity index (χ3n) is 6.01. The third-order valence-corrected chi connectivity index (χ3v) is 6.01. The molecule has 1 aliphatic heterocycles. The summed E-state index contributed by atoms with van der Waals surface area (Å²) >= 11 is 0. The highest BCUT2D eigenvalue weighted by Crippen LogP contribution is 2.26. The van der Waals surface area contributed by atoms with Crippen molar-refractivity contribution in [2.24, 2.45) is 0 Å². The Kier molecular flexibility index (Phi) is 4.87. The maximum absolute atomic E-state index is 12.7. The van der Waals surface area contributed by atoms with Crippen molar-refractivity contribution in [3.63, 3.8) is 0 Å². The molecule has 4 rings (SSSR count). The number of rotatable bonds is 4. The molecule has 0 spiro atoms. The molecule has 1 amide bonds. The highest BCUT2D eigenvalue weighted by atomic mass is 16.2. The Bertz CT molecular complexity index is 884. The SMILES string of the molecule is Cc1c(C(=O)NCC(C)N2CCc3ccccc3C2)[nH]c2c1C(=O)CCC2. The summed E-state index contributed by atoms with van der Waals surface area (Å²) in [6.45, 7) is 6.57. The number of amides is 1. The number of hydrogen-bond donors (Lipinski definition) is 2. The molecule has 142 valence electrons. The van der Waals surface area contributed by atoms with Crippen LogP contribution in [0.1, 0.15) is 63.0 Å². The fourth-order valence-corrected chi connectivity index (χ4v) is 4.35. The minimum absolute atomic E-state index is 0.112. The molecule has 2 N–H and O–H groups in total. The molecule has 2 aliphatic rings. The summed E-state index contributed by atoms with van der Waals surface area (Å²) in [5.41, 5.74) is 5.83. The van der Waals surface area contributed by atoms with Gasteiger partial charge in [0.25, 0.3) is 5.91 Å². The van der Waals surface area contributed by atoms with Crippen molar-refractivity contribution < 1.29 is 9.59 Å². The van der Waals surface area contributed by atoms with Crippen LogP contribution in [0.4, 0.5) is 0 Å². The summed E-state index contributed by atoms with van der Waals surface area (Å²) < 4.78 is 0. The van der Waals surface area contributed by atoms with E-state index in [2.05, 4.69) is 46.4 Å². The lowest BCUT2D eigenvalue weighted by Gasteiger charge is -2.33. The average molecular weight is 365 g/mol. The molecule has 0 saturated carbocycles. The molecule has 1 unspecified atom stereocenters. The van der Waals surface area contributed by atoms with E-state index in [-0.39, 0.29) is 17.7 Å². The molecule has 5 nitrogen and oxygen atoms in total. The van der Waals surface area contributed by atoms with Gasteiger partial charge in [-0.25, -0.2) is 0 Å². The number of nitrogens with one attached hydrogen (secondary N) is 2. The van der Waals surface area contributed by atoms with Gasteiger partial charge in [-0.15, -0.1) is 0 Å². The molecule has 5 heteroatoms. The van der Waals surface area contributed by atoms with E-state index in [0.29, 0.717) is 18.7 Å². The molecule has 0 saturated heterocycles. The second kappa shape index (κ2) is 7.31. The van der Waals surface area contributed by atoms with Crippen LogP contribution in [-0.2, 0) is 19.4 Å². The van der Waals surface area contributed by atoms with E-state index < -0.39 is 0 Å². The molecule has 27 heavy (non-hydrogen) atoms. The number of Topliss-reactive ketones (excluding diaryl/α,β-unsaturated/α-hetero) is 1. The number of H-pyrrole nitrogens is 1. The van der Waals surface area contributed by atoms with Gasteiger partial charge in [0.05, 0.1) is 0 Å². The van der Waals surface area contributed by atoms with Crippen molar-refractivity contribution in [3.05, 3.63) is 57.9 Å². The number of ketones is 1. The number of carbonyl (C=O) groups excluding carboxylic acids is 2. The quantitative estimate of drug-likeness (QED) is 0.875. The number of hydrogen-bond acceptors (Lipinski definition) is 3. The molecule has 2 heterocycles. The molecule has 1 atom stereocenters. The van der Waals surface area contributed by atoms with E-state index in [1.807, 2.05) is 6.92 Å². The predicted molar refractivity (Wildman–Crippen MR) is 105 cm³/mol. The molecular weight excluding hydrogens is 338 g/mol. The van der Waals surface area contributed by atoms with Crippen LogP contribution < -0.4 is 5.32 Å². The standard InChI is InChI=1S/C22H27N3O2/c1-14(25-11-10-16-6-3-4-7-17(16)13-25)12-23-22(27)21-15(2)20-18(24-21)8-5-9-19(20)26/h3-4,6-7,14,24H,5,8-13H2,1-2H3,(H,23,27). The Morgan fingerprint density at radius 1 is 1.22 bits per heavy atom. The van der Waals surface area contributed by atoms with Crippen LogP contribution >= 0.6 is 0 Å². The number of fused-ring (bicyclic) bond motifs is 2. The topological polar surface area (TPSA) is 65.2 Å². The monoisotopic (exact) mass is 365 g/mol. The Hall–Kier alpha value is -2.40. The van der Waals surface area contributed by atoms with Crippen molar-refractivity contribution in [2.45, 2.75) is 52.1 Å². The number of nitrogens with zero attached hydrogens (tertiary/aromatic N) is 1. The van der Waals surface area contributed by atoms with Crippen molar-refractivity contribution in [2.75, 3.05) is 13.1 Å². The Morgan fingerprint density at radius 2 is 2.00 bits per heavy atom. The minimum Gasteiger partial charge on any atom is -0.354 e. The lowest BCUT2D eigenvalue weighted by Crippen LogP contribution is -2.44. The summed E-state index contributed by atoms with van der Waals surface area (Å²) in [5.74, 6) is 0.0448. The molecule has 1 aromatic carbocycles. The van der Waals surface area contributed by atoms with Gasteiger partial charge < -0.3 is 10.3 Å². The second-order valence-corrected chi connectivity index (χ2v) is 7.80. The van der Waals surface area contributed by atoms with Crippen LogP contribution in [0.5, 0.6) is 0 Å². The van der Waals surface area contributed by atoms with Gasteiger partial charge in [-0.3, -0.25) is 14.5 Å². The van der Waals surface area contributed by atoms with E-state index in [4.69, 9.17) is 0 Å². The van der Waals surface area contributed by atoms with Crippen LogP contribution in [-0.4, -0.2) is 40.7 Å². The van der Waals surface area contributed by atoms with Gasteiger partial charge >= 0.3 is 0 Å². The third kappa shape index (κ3) is 3.44. The summed E-state index contributed by atoms with van der Waals surface area (Å²) in [6.07, 6.45) is 3.35. The zero-order valence-corrected chi connectivity index (χ0v) is 16.1. The van der Waals surface area contributed by atoms with Crippen molar-refractivity contribution in [1.82, 2.24) is 15.2 Å². The smallest absolute Gasteiger partial charge is 0.268 e. The van der Waals surface area contributed by atoms with Crippen molar-refractivity contribution in [1.29, 1.82) is 0 Å². The van der Waals surface area contributed by atoms with E-state index in [1.54, 1.807) is 0 Å². The number of benzene rings is 1. The van der Waals surface area contributed by atoms with E-state index in [9.17, 15) is 9.59 Å². The van der Waals surface area contributed by atoms with Gasteiger partial charge in [-0.1, -0.05) is 24.3 Å². The molecule has 1 aliphatic carbocycles. The molecule has 2 aromatic rings. The van der Waals surface area contributed by atoms with Crippen LogP contribution in [0.15, 0.2) is 24.3 Å². The Morgan fingerprint density at radius 3 is 2.78 bits per heavy atom. The fourth-order valence-electron chi connectivity index (χ4n) is 4.35. The molecule has 0 fully saturated rings. The molecular formula is C22H27N3O2. The lowest BCUT2D eigenvalue weighted by molar-refractivity contribution is 0.0927. The highest BCUT2D eigenvalue weighted by molar-refractivity contribution is 6.04. The van der Waals surface area contributed by atoms with Crippen LogP contribution in [0.2, 0.25) is 0 Å².